The summed E-state index contributed by atoms with van der Waals surface area (Å²) < 4.78 is 29.9. The van der Waals surface area contributed by atoms with Crippen molar-refractivity contribution in [1.82, 2.24) is 0 Å². The minimum atomic E-state index is -3.70. The number of rotatable bonds is 4. The number of aryl methyl sites for hydroxylation is 1. The molecule has 0 fully saturated rings. The van der Waals surface area contributed by atoms with Crippen molar-refractivity contribution in [3.05, 3.63) is 64.1 Å². The molecule has 0 aliphatic heterocycles. The van der Waals surface area contributed by atoms with E-state index in [1.807, 2.05) is 31.2 Å². The first-order valence-corrected chi connectivity index (χ1v) is 7.88. The minimum Gasteiger partial charge on any atom is -0.262 e. The van der Waals surface area contributed by atoms with Crippen molar-refractivity contribution < 1.29 is 12.6 Å². The lowest BCUT2D eigenvalue weighted by molar-refractivity contribution is 0.308. The molecule has 2 aromatic carbocycles. The van der Waals surface area contributed by atoms with Gasteiger partial charge in [0.15, 0.2) is 0 Å². The lowest BCUT2D eigenvalue weighted by Gasteiger charge is -2.06. The average molecular weight is 341 g/mol. The van der Waals surface area contributed by atoms with Crippen LogP contribution in [0.4, 0.5) is 0 Å². The Labute approximate surface area is 121 Å². The van der Waals surface area contributed by atoms with Gasteiger partial charge in [-0.1, -0.05) is 45.8 Å². The van der Waals surface area contributed by atoms with Crippen LogP contribution in [0, 0.1) is 6.92 Å². The van der Waals surface area contributed by atoms with Crippen molar-refractivity contribution >= 4 is 26.0 Å². The van der Waals surface area contributed by atoms with E-state index < -0.39 is 10.1 Å². The second-order valence-corrected chi connectivity index (χ2v) is 6.69. The monoisotopic (exact) mass is 340 g/mol. The second kappa shape index (κ2) is 5.86. The fourth-order valence-electron chi connectivity index (χ4n) is 1.55. The van der Waals surface area contributed by atoms with Gasteiger partial charge in [0.25, 0.3) is 10.1 Å². The van der Waals surface area contributed by atoms with Crippen molar-refractivity contribution in [2.24, 2.45) is 0 Å². The Balaban J connectivity index is 2.12. The number of benzene rings is 2. The van der Waals surface area contributed by atoms with Gasteiger partial charge in [0.2, 0.25) is 0 Å². The van der Waals surface area contributed by atoms with Crippen molar-refractivity contribution in [3.63, 3.8) is 0 Å². The summed E-state index contributed by atoms with van der Waals surface area (Å²) >= 11 is 3.33. The largest absolute Gasteiger partial charge is 0.297 e. The Hall–Kier alpha value is -1.17. The molecule has 0 unspecified atom stereocenters. The summed E-state index contributed by atoms with van der Waals surface area (Å²) in [5.41, 5.74) is 1.80. The predicted molar refractivity (Wildman–Crippen MR) is 77.3 cm³/mol. The second-order valence-electron chi connectivity index (χ2n) is 4.16. The molecule has 0 radical (unpaired) electrons. The molecular weight excluding hydrogens is 328 g/mol. The van der Waals surface area contributed by atoms with E-state index >= 15 is 0 Å². The zero-order chi connectivity index (χ0) is 13.9. The summed E-state index contributed by atoms with van der Waals surface area (Å²) in [6.07, 6.45) is 0. The van der Waals surface area contributed by atoms with Crippen LogP contribution in [0.1, 0.15) is 11.1 Å². The smallest absolute Gasteiger partial charge is 0.262 e. The van der Waals surface area contributed by atoms with Crippen LogP contribution in [0.2, 0.25) is 0 Å². The van der Waals surface area contributed by atoms with Crippen molar-refractivity contribution in [2.45, 2.75) is 18.4 Å². The molecule has 2 aromatic rings. The van der Waals surface area contributed by atoms with Gasteiger partial charge in [-0.2, -0.15) is 8.42 Å². The predicted octanol–water partition coefficient (Wildman–Crippen LogP) is 3.66. The molecule has 0 N–H and O–H groups in total. The van der Waals surface area contributed by atoms with E-state index in [1.54, 1.807) is 24.3 Å². The van der Waals surface area contributed by atoms with Crippen LogP contribution in [0.5, 0.6) is 0 Å². The van der Waals surface area contributed by atoms with Crippen molar-refractivity contribution in [3.8, 4) is 0 Å². The topological polar surface area (TPSA) is 43.4 Å². The van der Waals surface area contributed by atoms with E-state index in [9.17, 15) is 8.42 Å². The van der Waals surface area contributed by atoms with E-state index in [0.717, 1.165) is 15.6 Å². The Morgan fingerprint density at radius 1 is 1.11 bits per heavy atom. The third-order valence-electron chi connectivity index (χ3n) is 2.58. The number of halogens is 1. The zero-order valence-electron chi connectivity index (χ0n) is 10.3. The fourth-order valence-corrected chi connectivity index (χ4v) is 2.89. The van der Waals surface area contributed by atoms with Gasteiger partial charge in [-0.15, -0.1) is 0 Å². The quantitative estimate of drug-likeness (QED) is 0.797. The highest BCUT2D eigenvalue weighted by Gasteiger charge is 2.14. The Bertz CT molecular complexity index is 663. The normalized spacial score (nSPS) is 11.5. The van der Waals surface area contributed by atoms with Gasteiger partial charge in [0.05, 0.1) is 11.5 Å². The lowest BCUT2D eigenvalue weighted by atomic mass is 10.2. The highest BCUT2D eigenvalue weighted by atomic mass is 79.9. The van der Waals surface area contributed by atoms with Gasteiger partial charge in [0.1, 0.15) is 0 Å². The molecular formula is C14H13BrO3S. The van der Waals surface area contributed by atoms with Crippen LogP contribution in [0.25, 0.3) is 0 Å². The molecule has 0 atom stereocenters. The van der Waals surface area contributed by atoms with E-state index in [4.69, 9.17) is 4.18 Å². The first kappa shape index (κ1) is 14.2. The Morgan fingerprint density at radius 3 is 2.42 bits per heavy atom. The SMILES string of the molecule is Cc1ccc(S(=O)(=O)OCc2cccc(Br)c2)cc1. The van der Waals surface area contributed by atoms with Gasteiger partial charge in [-0.05, 0) is 36.8 Å². The Morgan fingerprint density at radius 2 is 1.79 bits per heavy atom. The van der Waals surface area contributed by atoms with Gasteiger partial charge in [0, 0.05) is 4.47 Å². The van der Waals surface area contributed by atoms with E-state index in [1.165, 1.54) is 0 Å². The first-order valence-electron chi connectivity index (χ1n) is 5.68. The van der Waals surface area contributed by atoms with Crippen LogP contribution in [-0.4, -0.2) is 8.42 Å². The number of hydrogen-bond donors (Lipinski definition) is 0. The molecule has 0 amide bonds. The molecule has 0 spiro atoms. The van der Waals surface area contributed by atoms with Gasteiger partial charge >= 0.3 is 0 Å². The lowest BCUT2D eigenvalue weighted by Crippen LogP contribution is -2.06. The van der Waals surface area contributed by atoms with Crippen LogP contribution in [-0.2, 0) is 20.9 Å². The third-order valence-corrected chi connectivity index (χ3v) is 4.35. The molecule has 3 nitrogen and oxygen atoms in total. The maximum absolute atomic E-state index is 12.0. The first-order chi connectivity index (χ1) is 8.97. The summed E-state index contributed by atoms with van der Waals surface area (Å²) in [6, 6.07) is 13.9. The Kier molecular flexibility index (Phi) is 4.39. The highest BCUT2D eigenvalue weighted by Crippen LogP contribution is 2.17. The molecule has 0 aliphatic rings. The summed E-state index contributed by atoms with van der Waals surface area (Å²) in [4.78, 5) is 0.174. The number of hydrogen-bond acceptors (Lipinski definition) is 3. The standard InChI is InChI=1S/C14H13BrO3S/c1-11-5-7-14(8-6-11)19(16,17)18-10-12-3-2-4-13(15)9-12/h2-9H,10H2,1H3. The zero-order valence-corrected chi connectivity index (χ0v) is 12.7. The molecule has 0 aromatic heterocycles. The van der Waals surface area contributed by atoms with Crippen molar-refractivity contribution in [2.75, 3.05) is 0 Å². The van der Waals surface area contributed by atoms with Gasteiger partial charge < -0.3 is 0 Å². The van der Waals surface area contributed by atoms with Crippen LogP contribution in [0.15, 0.2) is 57.9 Å². The molecule has 0 saturated carbocycles. The molecule has 100 valence electrons. The maximum Gasteiger partial charge on any atom is 0.297 e. The molecule has 5 heteroatoms. The van der Waals surface area contributed by atoms with Gasteiger partial charge in [-0.3, -0.25) is 4.18 Å². The molecule has 19 heavy (non-hydrogen) atoms. The van der Waals surface area contributed by atoms with E-state index in [0.29, 0.717) is 0 Å². The average Bonchev–Trinajstić information content (AvgIpc) is 2.37. The fraction of sp³-hybridized carbons (Fsp3) is 0.143. The highest BCUT2D eigenvalue weighted by molar-refractivity contribution is 9.10. The summed E-state index contributed by atoms with van der Waals surface area (Å²) in [7, 11) is -3.70. The molecule has 0 saturated heterocycles. The summed E-state index contributed by atoms with van der Waals surface area (Å²) in [5, 5.41) is 0. The molecule has 0 bridgehead atoms. The molecule has 0 aliphatic carbocycles. The van der Waals surface area contributed by atoms with Crippen LogP contribution < -0.4 is 0 Å². The third kappa shape index (κ3) is 3.89. The van der Waals surface area contributed by atoms with E-state index in [2.05, 4.69) is 15.9 Å². The summed E-state index contributed by atoms with van der Waals surface area (Å²) in [5.74, 6) is 0. The van der Waals surface area contributed by atoms with Crippen LogP contribution in [0.3, 0.4) is 0 Å². The summed E-state index contributed by atoms with van der Waals surface area (Å²) in [6.45, 7) is 1.93. The van der Waals surface area contributed by atoms with Gasteiger partial charge in [-0.25, -0.2) is 0 Å². The minimum absolute atomic E-state index is 0.0235. The maximum atomic E-state index is 12.0. The van der Waals surface area contributed by atoms with Crippen LogP contribution >= 0.6 is 15.9 Å². The van der Waals surface area contributed by atoms with Crippen molar-refractivity contribution in [1.29, 1.82) is 0 Å². The molecule has 2 rings (SSSR count). The van der Waals surface area contributed by atoms with E-state index in [-0.39, 0.29) is 11.5 Å². The molecule has 0 heterocycles.